The number of phenolic OH excluding ortho intramolecular Hbond substituents is 1. The monoisotopic (exact) mass is 200 g/mol. The van der Waals surface area contributed by atoms with Crippen molar-refractivity contribution in [3.63, 3.8) is 0 Å². The molecule has 0 heterocycles. The van der Waals surface area contributed by atoms with Gasteiger partial charge in [0.25, 0.3) is 0 Å². The highest BCUT2D eigenvalue weighted by atomic mass is 35.5. The van der Waals surface area contributed by atoms with E-state index in [1.54, 1.807) is 12.1 Å². The quantitative estimate of drug-likeness (QED) is 0.744. The number of carbonyl (C=O) groups is 1. The lowest BCUT2D eigenvalue weighted by Gasteiger charge is -2.05. The Bertz CT molecular complexity index is 323. The summed E-state index contributed by atoms with van der Waals surface area (Å²) in [7, 11) is 0. The van der Waals surface area contributed by atoms with Crippen molar-refractivity contribution in [2.24, 2.45) is 0 Å². The normalized spacial score (nSPS) is 9.69. The molecule has 0 amide bonds. The molecule has 0 saturated carbocycles. The van der Waals surface area contributed by atoms with Gasteiger partial charge in [-0.25, -0.2) is 0 Å². The fraction of sp³-hybridized carbons (Fsp3) is 0.222. The molecule has 1 aromatic carbocycles. The number of hydrogen-bond donors (Lipinski definition) is 1. The van der Waals surface area contributed by atoms with Crippen LogP contribution in [0, 0.1) is 0 Å². The van der Waals surface area contributed by atoms with Crippen molar-refractivity contribution in [1.29, 1.82) is 0 Å². The van der Waals surface area contributed by atoms with Crippen LogP contribution in [0.15, 0.2) is 18.2 Å². The molecule has 3 nitrogen and oxygen atoms in total. The van der Waals surface area contributed by atoms with Crippen LogP contribution in [0.2, 0.25) is 5.02 Å². The second kappa shape index (κ2) is 4.14. The predicted octanol–water partition coefficient (Wildman–Crippen LogP) is 2.11. The smallest absolute Gasteiger partial charge is 0.302 e. The Balaban J connectivity index is 2.77. The molecule has 0 aliphatic heterocycles. The van der Waals surface area contributed by atoms with E-state index in [2.05, 4.69) is 0 Å². The maximum atomic E-state index is 10.5. The summed E-state index contributed by atoms with van der Waals surface area (Å²) in [4.78, 5) is 10.5. The zero-order valence-electron chi connectivity index (χ0n) is 7.08. The molecule has 0 saturated heterocycles. The van der Waals surface area contributed by atoms with E-state index < -0.39 is 0 Å². The third-order valence-electron chi connectivity index (χ3n) is 1.49. The van der Waals surface area contributed by atoms with Gasteiger partial charge in [-0.1, -0.05) is 23.7 Å². The van der Waals surface area contributed by atoms with Crippen molar-refractivity contribution >= 4 is 17.6 Å². The van der Waals surface area contributed by atoms with Crippen molar-refractivity contribution in [3.05, 3.63) is 28.8 Å². The van der Waals surface area contributed by atoms with Crippen LogP contribution in [0.1, 0.15) is 12.5 Å². The standard InChI is InChI=1S/C9H9ClO3/c1-6(11)13-5-7-3-2-4-8(12)9(7)10/h2-4,12H,5H2,1H3. The molecule has 0 atom stereocenters. The van der Waals surface area contributed by atoms with Gasteiger partial charge in [-0.2, -0.15) is 0 Å². The number of esters is 1. The van der Waals surface area contributed by atoms with Crippen LogP contribution < -0.4 is 0 Å². The average Bonchev–Trinajstić information content (AvgIpc) is 2.07. The summed E-state index contributed by atoms with van der Waals surface area (Å²) in [6.45, 7) is 1.40. The molecule has 0 radical (unpaired) electrons. The molecular formula is C9H9ClO3. The van der Waals surface area contributed by atoms with E-state index in [0.29, 0.717) is 5.56 Å². The van der Waals surface area contributed by atoms with Gasteiger partial charge < -0.3 is 9.84 Å². The summed E-state index contributed by atoms with van der Waals surface area (Å²) in [5, 5.41) is 9.42. The Kier molecular flexibility index (Phi) is 3.14. The molecule has 0 fully saturated rings. The van der Waals surface area contributed by atoms with E-state index in [1.165, 1.54) is 13.0 Å². The van der Waals surface area contributed by atoms with E-state index in [0.717, 1.165) is 0 Å². The van der Waals surface area contributed by atoms with Gasteiger partial charge >= 0.3 is 5.97 Å². The van der Waals surface area contributed by atoms with Gasteiger partial charge in [0.2, 0.25) is 0 Å². The minimum atomic E-state index is -0.376. The van der Waals surface area contributed by atoms with Gasteiger partial charge in [0.05, 0.1) is 5.02 Å². The van der Waals surface area contributed by atoms with Crippen molar-refractivity contribution < 1.29 is 14.6 Å². The van der Waals surface area contributed by atoms with Gasteiger partial charge in [-0.05, 0) is 6.07 Å². The number of aromatic hydroxyl groups is 1. The Hall–Kier alpha value is -1.22. The second-order valence-electron chi connectivity index (χ2n) is 2.53. The van der Waals surface area contributed by atoms with Crippen molar-refractivity contribution in [1.82, 2.24) is 0 Å². The van der Waals surface area contributed by atoms with Gasteiger partial charge in [0, 0.05) is 12.5 Å². The van der Waals surface area contributed by atoms with Crippen LogP contribution in [0.5, 0.6) is 5.75 Å². The van der Waals surface area contributed by atoms with E-state index >= 15 is 0 Å². The summed E-state index contributed by atoms with van der Waals surface area (Å²) in [6.07, 6.45) is 0. The third kappa shape index (κ3) is 2.63. The van der Waals surface area contributed by atoms with E-state index in [1.807, 2.05) is 0 Å². The first-order valence-corrected chi connectivity index (χ1v) is 4.09. The average molecular weight is 201 g/mol. The Morgan fingerprint density at radius 2 is 2.31 bits per heavy atom. The van der Waals surface area contributed by atoms with Crippen molar-refractivity contribution in [2.75, 3.05) is 0 Å². The van der Waals surface area contributed by atoms with E-state index in [4.69, 9.17) is 16.3 Å². The summed E-state index contributed by atoms with van der Waals surface area (Å²) in [5.41, 5.74) is 0.594. The number of halogens is 1. The molecule has 70 valence electrons. The number of phenols is 1. The molecule has 1 N–H and O–H groups in total. The third-order valence-corrected chi connectivity index (χ3v) is 1.93. The van der Waals surface area contributed by atoms with E-state index in [9.17, 15) is 9.90 Å². The molecule has 0 aliphatic carbocycles. The highest BCUT2D eigenvalue weighted by molar-refractivity contribution is 6.32. The maximum Gasteiger partial charge on any atom is 0.302 e. The molecule has 0 unspecified atom stereocenters. The highest BCUT2D eigenvalue weighted by Crippen LogP contribution is 2.26. The zero-order chi connectivity index (χ0) is 9.84. The lowest BCUT2D eigenvalue weighted by Crippen LogP contribution is -1.99. The van der Waals surface area contributed by atoms with Crippen LogP contribution in [0.4, 0.5) is 0 Å². The lowest BCUT2D eigenvalue weighted by atomic mass is 10.2. The molecule has 0 aliphatic rings. The maximum absolute atomic E-state index is 10.5. The molecule has 0 spiro atoms. The summed E-state index contributed by atoms with van der Waals surface area (Å²) in [5.74, 6) is -0.384. The van der Waals surface area contributed by atoms with Gasteiger partial charge in [0.15, 0.2) is 0 Å². The molecule has 0 aromatic heterocycles. The van der Waals surface area contributed by atoms with Crippen LogP contribution in [-0.4, -0.2) is 11.1 Å². The van der Waals surface area contributed by atoms with Gasteiger partial charge in [0.1, 0.15) is 12.4 Å². The Morgan fingerprint density at radius 1 is 1.62 bits per heavy atom. The summed E-state index contributed by atoms with van der Waals surface area (Å²) < 4.78 is 4.73. The minimum Gasteiger partial charge on any atom is -0.506 e. The Labute approximate surface area is 80.9 Å². The highest BCUT2D eigenvalue weighted by Gasteiger charge is 2.05. The molecule has 4 heteroatoms. The number of benzene rings is 1. The van der Waals surface area contributed by atoms with Crippen LogP contribution >= 0.6 is 11.6 Å². The first kappa shape index (κ1) is 9.86. The molecule has 1 aromatic rings. The fourth-order valence-corrected chi connectivity index (χ4v) is 1.04. The van der Waals surface area contributed by atoms with Crippen LogP contribution in [-0.2, 0) is 16.1 Å². The SMILES string of the molecule is CC(=O)OCc1cccc(O)c1Cl. The van der Waals surface area contributed by atoms with Crippen molar-refractivity contribution in [2.45, 2.75) is 13.5 Å². The van der Waals surface area contributed by atoms with Gasteiger partial charge in [-0.3, -0.25) is 4.79 Å². The topological polar surface area (TPSA) is 46.5 Å². The largest absolute Gasteiger partial charge is 0.506 e. The zero-order valence-corrected chi connectivity index (χ0v) is 7.84. The molecule has 0 bridgehead atoms. The first-order valence-electron chi connectivity index (χ1n) is 3.71. The minimum absolute atomic E-state index is 0.00804. The van der Waals surface area contributed by atoms with Crippen LogP contribution in [0.25, 0.3) is 0 Å². The van der Waals surface area contributed by atoms with Crippen LogP contribution in [0.3, 0.4) is 0 Å². The molecule has 13 heavy (non-hydrogen) atoms. The second-order valence-corrected chi connectivity index (χ2v) is 2.91. The number of hydrogen-bond acceptors (Lipinski definition) is 3. The van der Waals surface area contributed by atoms with E-state index in [-0.39, 0.29) is 23.3 Å². The number of rotatable bonds is 2. The van der Waals surface area contributed by atoms with Crippen molar-refractivity contribution in [3.8, 4) is 5.75 Å². The predicted molar refractivity (Wildman–Crippen MR) is 48.6 cm³/mol. The lowest BCUT2D eigenvalue weighted by molar-refractivity contribution is -0.142. The Morgan fingerprint density at radius 3 is 2.92 bits per heavy atom. The van der Waals surface area contributed by atoms with Gasteiger partial charge in [-0.15, -0.1) is 0 Å². The fourth-order valence-electron chi connectivity index (χ4n) is 0.857. The summed E-state index contributed by atoms with van der Waals surface area (Å²) in [6, 6.07) is 4.80. The summed E-state index contributed by atoms with van der Waals surface area (Å²) >= 11 is 5.74. The number of carbonyl (C=O) groups excluding carboxylic acids is 1. The number of ether oxygens (including phenoxy) is 1. The molecular weight excluding hydrogens is 192 g/mol. The molecule has 1 rings (SSSR count). The first-order chi connectivity index (χ1) is 6.11.